The number of nitrogens with one attached hydrogen (secondary N) is 1. The van der Waals surface area contributed by atoms with Gasteiger partial charge in [-0.1, -0.05) is 60.7 Å². The third-order valence-corrected chi connectivity index (χ3v) is 4.16. The van der Waals surface area contributed by atoms with E-state index >= 15 is 0 Å². The molecular formula is C25H21NO3. The predicted molar refractivity (Wildman–Crippen MR) is 117 cm³/mol. The van der Waals surface area contributed by atoms with Crippen molar-refractivity contribution in [2.75, 3.05) is 12.4 Å². The number of anilines is 1. The molecule has 0 aromatic heterocycles. The van der Waals surface area contributed by atoms with Crippen molar-refractivity contribution in [3.05, 3.63) is 108 Å². The lowest BCUT2D eigenvalue weighted by Crippen LogP contribution is -2.08. The number of carbonyl (C=O) groups is 2. The number of methoxy groups -OCH3 is 1. The van der Waals surface area contributed by atoms with Gasteiger partial charge in [0.05, 0.1) is 7.11 Å². The van der Waals surface area contributed by atoms with Crippen molar-refractivity contribution in [3.63, 3.8) is 0 Å². The second-order valence-electron chi connectivity index (χ2n) is 6.29. The Hall–Kier alpha value is -3.92. The number of allylic oxidation sites excluding steroid dienone is 1. The second-order valence-corrected chi connectivity index (χ2v) is 6.29. The van der Waals surface area contributed by atoms with Crippen LogP contribution in [0.15, 0.2) is 91.0 Å². The second kappa shape index (κ2) is 9.85. The van der Waals surface area contributed by atoms with Gasteiger partial charge in [-0.05, 0) is 47.5 Å². The van der Waals surface area contributed by atoms with Gasteiger partial charge in [-0.2, -0.15) is 0 Å². The van der Waals surface area contributed by atoms with E-state index < -0.39 is 0 Å². The molecule has 1 amide bonds. The van der Waals surface area contributed by atoms with Crippen LogP contribution in [0, 0.1) is 0 Å². The van der Waals surface area contributed by atoms with Gasteiger partial charge in [0.25, 0.3) is 0 Å². The average Bonchev–Trinajstić information content (AvgIpc) is 2.77. The summed E-state index contributed by atoms with van der Waals surface area (Å²) in [4.78, 5) is 24.6. The highest BCUT2D eigenvalue weighted by Crippen LogP contribution is 2.16. The lowest BCUT2D eigenvalue weighted by molar-refractivity contribution is -0.111. The molecule has 0 radical (unpaired) electrons. The van der Waals surface area contributed by atoms with Crippen LogP contribution in [0.2, 0.25) is 0 Å². The minimum atomic E-state index is -0.259. The monoisotopic (exact) mass is 383 g/mol. The summed E-state index contributed by atoms with van der Waals surface area (Å²) >= 11 is 0. The summed E-state index contributed by atoms with van der Waals surface area (Å²) in [6.07, 6.45) is 6.44. The molecule has 0 spiro atoms. The SMILES string of the molecule is COc1cccc(/C=C/C(=O)c2cccc(NC(=O)C=Cc3ccccc3)c2)c1. The zero-order valence-corrected chi connectivity index (χ0v) is 16.0. The van der Waals surface area contributed by atoms with Crippen LogP contribution in [-0.4, -0.2) is 18.8 Å². The fourth-order valence-electron chi connectivity index (χ4n) is 2.68. The van der Waals surface area contributed by atoms with Crippen LogP contribution < -0.4 is 10.1 Å². The highest BCUT2D eigenvalue weighted by atomic mass is 16.5. The van der Waals surface area contributed by atoms with Crippen LogP contribution >= 0.6 is 0 Å². The minimum Gasteiger partial charge on any atom is -0.497 e. The Morgan fingerprint density at radius 1 is 0.793 bits per heavy atom. The standard InChI is InChI=1S/C25H21NO3/c1-29-23-12-5-9-20(17-23)13-15-24(27)21-10-6-11-22(18-21)26-25(28)16-14-19-7-3-2-4-8-19/h2-18H,1H3,(H,26,28)/b15-13+,16-14?. The Labute approximate surface area is 170 Å². The Kier molecular flexibility index (Phi) is 6.74. The molecule has 144 valence electrons. The van der Waals surface area contributed by atoms with Crippen LogP contribution in [-0.2, 0) is 4.79 Å². The van der Waals surface area contributed by atoms with E-state index in [1.165, 1.54) is 12.2 Å². The minimum absolute atomic E-state index is 0.149. The van der Waals surface area contributed by atoms with Crippen LogP contribution in [0.5, 0.6) is 5.75 Å². The lowest BCUT2D eigenvalue weighted by Gasteiger charge is -2.04. The maximum absolute atomic E-state index is 12.5. The van der Waals surface area contributed by atoms with Crippen molar-refractivity contribution in [2.24, 2.45) is 0 Å². The molecule has 3 aromatic rings. The maximum Gasteiger partial charge on any atom is 0.248 e. The molecular weight excluding hydrogens is 362 g/mol. The first-order valence-corrected chi connectivity index (χ1v) is 9.15. The van der Waals surface area contributed by atoms with Crippen molar-refractivity contribution in [1.82, 2.24) is 0 Å². The maximum atomic E-state index is 12.5. The molecule has 0 saturated heterocycles. The molecule has 4 heteroatoms. The van der Waals surface area contributed by atoms with Crippen molar-refractivity contribution in [3.8, 4) is 5.75 Å². The van der Waals surface area contributed by atoms with Gasteiger partial charge < -0.3 is 10.1 Å². The van der Waals surface area contributed by atoms with Gasteiger partial charge in [0.2, 0.25) is 5.91 Å². The molecule has 3 rings (SSSR count). The number of benzene rings is 3. The zero-order chi connectivity index (χ0) is 20.5. The van der Waals surface area contributed by atoms with Crippen LogP contribution in [0.1, 0.15) is 21.5 Å². The molecule has 0 aliphatic heterocycles. The van der Waals surface area contributed by atoms with Gasteiger partial charge in [-0.3, -0.25) is 9.59 Å². The van der Waals surface area contributed by atoms with E-state index in [2.05, 4.69) is 5.32 Å². The predicted octanol–water partition coefficient (Wildman–Crippen LogP) is 5.24. The number of amides is 1. The van der Waals surface area contributed by atoms with E-state index in [0.29, 0.717) is 11.3 Å². The Balaban J connectivity index is 1.65. The number of ketones is 1. The van der Waals surface area contributed by atoms with E-state index in [1.54, 1.807) is 43.5 Å². The van der Waals surface area contributed by atoms with E-state index in [9.17, 15) is 9.59 Å². The number of hydrogen-bond donors (Lipinski definition) is 1. The van der Waals surface area contributed by atoms with Gasteiger partial charge in [0.1, 0.15) is 5.75 Å². The Morgan fingerprint density at radius 2 is 1.52 bits per heavy atom. The van der Waals surface area contributed by atoms with Gasteiger partial charge >= 0.3 is 0 Å². The van der Waals surface area contributed by atoms with Gasteiger partial charge in [0.15, 0.2) is 5.78 Å². The molecule has 0 aliphatic carbocycles. The molecule has 0 bridgehead atoms. The molecule has 0 saturated carbocycles. The number of carbonyl (C=O) groups excluding carboxylic acids is 2. The summed E-state index contributed by atoms with van der Waals surface area (Å²) in [6.45, 7) is 0. The molecule has 4 nitrogen and oxygen atoms in total. The largest absolute Gasteiger partial charge is 0.497 e. The fourth-order valence-corrected chi connectivity index (χ4v) is 2.68. The van der Waals surface area contributed by atoms with E-state index in [1.807, 2.05) is 54.6 Å². The zero-order valence-electron chi connectivity index (χ0n) is 16.0. The first-order chi connectivity index (χ1) is 14.1. The average molecular weight is 383 g/mol. The molecule has 0 atom stereocenters. The normalized spacial score (nSPS) is 10.9. The molecule has 3 aromatic carbocycles. The van der Waals surface area contributed by atoms with Gasteiger partial charge in [-0.25, -0.2) is 0 Å². The third-order valence-electron chi connectivity index (χ3n) is 4.16. The number of ether oxygens (including phenoxy) is 1. The molecule has 0 heterocycles. The summed E-state index contributed by atoms with van der Waals surface area (Å²) in [5.41, 5.74) is 2.87. The third kappa shape index (κ3) is 6.04. The molecule has 0 aliphatic rings. The van der Waals surface area contributed by atoms with E-state index in [-0.39, 0.29) is 11.7 Å². The summed E-state index contributed by atoms with van der Waals surface area (Å²) in [7, 11) is 1.60. The van der Waals surface area contributed by atoms with Gasteiger partial charge in [-0.15, -0.1) is 0 Å². The molecule has 0 unspecified atom stereocenters. The lowest BCUT2D eigenvalue weighted by atomic mass is 10.1. The summed E-state index contributed by atoms with van der Waals surface area (Å²) in [6, 6.07) is 23.9. The van der Waals surface area contributed by atoms with Crippen LogP contribution in [0.3, 0.4) is 0 Å². The highest BCUT2D eigenvalue weighted by molar-refractivity contribution is 6.08. The smallest absolute Gasteiger partial charge is 0.248 e. The summed E-state index contributed by atoms with van der Waals surface area (Å²) in [5, 5.41) is 2.78. The molecule has 1 N–H and O–H groups in total. The topological polar surface area (TPSA) is 55.4 Å². The van der Waals surface area contributed by atoms with Crippen molar-refractivity contribution < 1.29 is 14.3 Å². The van der Waals surface area contributed by atoms with Crippen LogP contribution in [0.25, 0.3) is 12.2 Å². The summed E-state index contributed by atoms with van der Waals surface area (Å²) in [5.74, 6) is 0.321. The van der Waals surface area contributed by atoms with E-state index in [0.717, 1.165) is 16.9 Å². The Bertz CT molecular complexity index is 1050. The Morgan fingerprint density at radius 3 is 2.31 bits per heavy atom. The molecule has 29 heavy (non-hydrogen) atoms. The van der Waals surface area contributed by atoms with E-state index in [4.69, 9.17) is 4.74 Å². The van der Waals surface area contributed by atoms with Crippen molar-refractivity contribution in [2.45, 2.75) is 0 Å². The summed E-state index contributed by atoms with van der Waals surface area (Å²) < 4.78 is 5.18. The first-order valence-electron chi connectivity index (χ1n) is 9.15. The van der Waals surface area contributed by atoms with Crippen LogP contribution in [0.4, 0.5) is 5.69 Å². The first kappa shape index (κ1) is 19.8. The quantitative estimate of drug-likeness (QED) is 0.448. The van der Waals surface area contributed by atoms with Crippen molar-refractivity contribution >= 4 is 29.5 Å². The number of rotatable bonds is 7. The number of hydrogen-bond acceptors (Lipinski definition) is 3. The van der Waals surface area contributed by atoms with Crippen molar-refractivity contribution in [1.29, 1.82) is 0 Å². The molecule has 0 fully saturated rings. The van der Waals surface area contributed by atoms with Gasteiger partial charge in [0, 0.05) is 17.3 Å². The highest BCUT2D eigenvalue weighted by Gasteiger charge is 2.05. The fraction of sp³-hybridized carbons (Fsp3) is 0.0400.